The molecule has 0 spiro atoms. The molecule has 2 rings (SSSR count). The van der Waals surface area contributed by atoms with Crippen LogP contribution < -0.4 is 26.8 Å². The summed E-state index contributed by atoms with van der Waals surface area (Å²) in [5.74, 6) is -0.908. The zero-order chi connectivity index (χ0) is 38.2. The fraction of sp³-hybridized carbons (Fsp3) is 0.600. The Morgan fingerprint density at radius 3 is 1.88 bits per heavy atom. The van der Waals surface area contributed by atoms with E-state index in [0.29, 0.717) is 25.1 Å². The molecule has 1 heterocycles. The molecule has 0 saturated heterocycles. The van der Waals surface area contributed by atoms with Crippen LogP contribution in [-0.4, -0.2) is 173 Å². The molecule has 1 aromatic heterocycles. The van der Waals surface area contributed by atoms with Crippen LogP contribution in [0, 0.1) is 5.41 Å². The second kappa shape index (κ2) is 21.8. The highest BCUT2D eigenvalue weighted by molar-refractivity contribution is 6.31. The molecule has 288 valence electrons. The number of aromatic nitrogens is 2. The number of nitrogens with one attached hydrogen (secondary N) is 3. The number of aliphatic hydroxyl groups is 10. The molecule has 0 radical (unpaired) electrons. The first kappa shape index (κ1) is 43.7. The number of nitrogens with zero attached hydrogens (tertiary/aromatic N) is 3. The van der Waals surface area contributed by atoms with Crippen molar-refractivity contribution in [3.63, 3.8) is 0 Å². The van der Waals surface area contributed by atoms with Gasteiger partial charge in [-0.05, 0) is 37.0 Å². The molecule has 21 heteroatoms. The molecule has 0 aliphatic carbocycles. The minimum absolute atomic E-state index is 0.0103. The maximum Gasteiger partial charge on any atom is 0.280 e. The number of aliphatic hydroxyl groups excluding tert-OH is 10. The Hall–Kier alpha value is -3.51. The van der Waals surface area contributed by atoms with Gasteiger partial charge in [0, 0.05) is 26.2 Å². The maximum atomic E-state index is 12.3. The van der Waals surface area contributed by atoms with Gasteiger partial charge in [0.05, 0.1) is 25.4 Å². The van der Waals surface area contributed by atoms with E-state index >= 15 is 0 Å². The highest BCUT2D eigenvalue weighted by Crippen LogP contribution is 2.18. The van der Waals surface area contributed by atoms with Crippen molar-refractivity contribution in [1.82, 2.24) is 25.5 Å². The van der Waals surface area contributed by atoms with Gasteiger partial charge in [-0.1, -0.05) is 23.7 Å². The van der Waals surface area contributed by atoms with Crippen molar-refractivity contribution in [2.24, 2.45) is 0 Å². The van der Waals surface area contributed by atoms with Crippen LogP contribution in [0.1, 0.15) is 28.9 Å². The van der Waals surface area contributed by atoms with Gasteiger partial charge in [-0.15, -0.1) is 0 Å². The molecule has 1 aromatic carbocycles. The number of nitrogen functional groups attached to an aromatic ring is 2. The van der Waals surface area contributed by atoms with Crippen LogP contribution in [0.3, 0.4) is 0 Å². The molecule has 51 heavy (non-hydrogen) atoms. The number of unbranched alkanes of at least 4 members (excludes halogenated alkanes) is 1. The summed E-state index contributed by atoms with van der Waals surface area (Å²) in [5, 5.41) is 111. The molecular formula is C30H49ClN8O12. The number of guanidine groups is 1. The Labute approximate surface area is 298 Å². The van der Waals surface area contributed by atoms with Gasteiger partial charge in [0.25, 0.3) is 5.91 Å². The Morgan fingerprint density at radius 2 is 1.35 bits per heavy atom. The lowest BCUT2D eigenvalue weighted by Crippen LogP contribution is -2.53. The fourth-order valence-electron chi connectivity index (χ4n) is 4.67. The van der Waals surface area contributed by atoms with Crippen LogP contribution in [-0.2, 0) is 6.42 Å². The molecular weight excluding hydrogens is 700 g/mol. The Morgan fingerprint density at radius 1 is 0.824 bits per heavy atom. The smallest absolute Gasteiger partial charge is 0.280 e. The topological polar surface area (TPSA) is 358 Å². The van der Waals surface area contributed by atoms with Crippen LogP contribution in [0.2, 0.25) is 5.15 Å². The summed E-state index contributed by atoms with van der Waals surface area (Å²) in [5.41, 5.74) is 11.9. The average Bonchev–Trinajstić information content (AvgIpc) is 3.11. The van der Waals surface area contributed by atoms with E-state index in [0.717, 1.165) is 12.0 Å². The maximum absolute atomic E-state index is 12.3. The molecule has 0 unspecified atom stereocenters. The number of nitrogens with two attached hydrogens (primary N) is 2. The monoisotopic (exact) mass is 748 g/mol. The Balaban J connectivity index is 1.84. The van der Waals surface area contributed by atoms with E-state index in [1.807, 2.05) is 12.1 Å². The van der Waals surface area contributed by atoms with Crippen molar-refractivity contribution in [3.8, 4) is 5.75 Å². The normalized spacial score (nSPS) is 16.4. The second-order valence-electron chi connectivity index (χ2n) is 11.7. The second-order valence-corrected chi connectivity index (χ2v) is 12.1. The third-order valence-corrected chi connectivity index (χ3v) is 7.97. The van der Waals surface area contributed by atoms with E-state index in [9.17, 15) is 45.6 Å². The minimum Gasteiger partial charge on any atom is -0.492 e. The number of rotatable bonds is 22. The van der Waals surface area contributed by atoms with Crippen molar-refractivity contribution in [2.75, 3.05) is 57.5 Å². The van der Waals surface area contributed by atoms with Crippen molar-refractivity contribution < 1.29 is 60.6 Å². The predicted octanol–water partition coefficient (Wildman–Crippen LogP) is -4.88. The van der Waals surface area contributed by atoms with Gasteiger partial charge in [-0.25, -0.2) is 9.97 Å². The standard InChI is InChI=1S/C30H49ClN8O12/c31-26-28(33)37-27(32)21(36-26)29(50)38-30(34)35-8-2-1-3-15-4-6-16(7-5-15)51-10-9-39(11-17(42)22(46)24(48)19(44)13-40)12-18(43)23(47)25(49)20(45)14-41/h4-7,17-20,22-25,40-49H,1-3,8-14H2,(H4,32,33,37)(H3,34,35,38,50)/t17-,18-,19+,20+,22+,23+,24+,25+/m0/s1. The van der Waals surface area contributed by atoms with Crippen molar-refractivity contribution in [1.29, 1.82) is 5.41 Å². The third kappa shape index (κ3) is 14.2. The number of ether oxygens (including phenoxy) is 1. The van der Waals surface area contributed by atoms with E-state index in [-0.39, 0.29) is 41.6 Å². The van der Waals surface area contributed by atoms with Crippen LogP contribution in [0.15, 0.2) is 24.3 Å². The minimum atomic E-state index is -1.90. The van der Waals surface area contributed by atoms with Gasteiger partial charge < -0.3 is 72.6 Å². The summed E-state index contributed by atoms with van der Waals surface area (Å²) in [6.07, 6.45) is -12.3. The zero-order valence-electron chi connectivity index (χ0n) is 27.7. The molecule has 8 atom stereocenters. The number of amides is 1. The van der Waals surface area contributed by atoms with Crippen LogP contribution in [0.25, 0.3) is 0 Å². The molecule has 17 N–H and O–H groups in total. The number of hydrogen-bond acceptors (Lipinski definition) is 18. The number of carbonyl (C=O) groups is 1. The van der Waals surface area contributed by atoms with Gasteiger partial charge in [-0.2, -0.15) is 0 Å². The number of halogens is 1. The van der Waals surface area contributed by atoms with E-state index in [1.54, 1.807) is 12.1 Å². The highest BCUT2D eigenvalue weighted by Gasteiger charge is 2.34. The van der Waals surface area contributed by atoms with Crippen molar-refractivity contribution >= 4 is 35.1 Å². The summed E-state index contributed by atoms with van der Waals surface area (Å²) >= 11 is 5.79. The average molecular weight is 749 g/mol. The van der Waals surface area contributed by atoms with E-state index in [1.165, 1.54) is 4.90 Å². The summed E-state index contributed by atoms with van der Waals surface area (Å²) in [4.78, 5) is 21.2. The van der Waals surface area contributed by atoms with Gasteiger partial charge in [0.15, 0.2) is 28.4 Å². The fourth-order valence-corrected chi connectivity index (χ4v) is 4.79. The lowest BCUT2D eigenvalue weighted by Gasteiger charge is -2.33. The lowest BCUT2D eigenvalue weighted by molar-refractivity contribution is -0.130. The number of aryl methyl sites for hydroxylation is 1. The van der Waals surface area contributed by atoms with Gasteiger partial charge in [-0.3, -0.25) is 20.4 Å². The summed E-state index contributed by atoms with van der Waals surface area (Å²) in [6.45, 7) is -2.23. The SMILES string of the molecule is N=C(NCCCCc1ccc(OCCN(C[C@H](O)[C@@H](O)[C@H](O)[C@H](O)CO)C[C@H](O)[C@@H](O)[C@H](O)[C@H](O)CO)cc1)NC(=O)c1nc(Cl)c(N)nc1N. The van der Waals surface area contributed by atoms with Gasteiger partial charge in [0.1, 0.15) is 49.0 Å². The van der Waals surface area contributed by atoms with Crippen molar-refractivity contribution in [2.45, 2.75) is 68.1 Å². The summed E-state index contributed by atoms with van der Waals surface area (Å²) in [7, 11) is 0. The van der Waals surface area contributed by atoms with Crippen LogP contribution >= 0.6 is 11.6 Å². The summed E-state index contributed by atoms with van der Waals surface area (Å²) in [6, 6.07) is 7.12. The molecule has 1 amide bonds. The van der Waals surface area contributed by atoms with Gasteiger partial charge >= 0.3 is 0 Å². The molecule has 0 saturated carbocycles. The molecule has 0 aliphatic rings. The molecule has 0 aliphatic heterocycles. The molecule has 20 nitrogen and oxygen atoms in total. The molecule has 0 fully saturated rings. The number of benzene rings is 1. The van der Waals surface area contributed by atoms with Crippen molar-refractivity contribution in [3.05, 3.63) is 40.7 Å². The third-order valence-electron chi connectivity index (χ3n) is 7.69. The number of anilines is 2. The lowest BCUT2D eigenvalue weighted by atomic mass is 10.0. The predicted molar refractivity (Wildman–Crippen MR) is 183 cm³/mol. The van der Waals surface area contributed by atoms with Crippen LogP contribution in [0.5, 0.6) is 5.75 Å². The number of hydrogen-bond donors (Lipinski definition) is 15. The first-order chi connectivity index (χ1) is 24.1. The highest BCUT2D eigenvalue weighted by atomic mass is 35.5. The quantitative estimate of drug-likeness (QED) is 0.0305. The Bertz CT molecular complexity index is 1340. The van der Waals surface area contributed by atoms with Crippen LogP contribution in [0.4, 0.5) is 11.6 Å². The Kier molecular flexibility index (Phi) is 18.6. The van der Waals surface area contributed by atoms with E-state index in [2.05, 4.69) is 20.6 Å². The molecule has 2 aromatic rings. The first-order valence-corrected chi connectivity index (χ1v) is 16.3. The first-order valence-electron chi connectivity index (χ1n) is 15.9. The summed E-state index contributed by atoms with van der Waals surface area (Å²) < 4.78 is 5.76. The van der Waals surface area contributed by atoms with Gasteiger partial charge in [0.2, 0.25) is 0 Å². The largest absolute Gasteiger partial charge is 0.492 e. The molecule has 0 bridgehead atoms. The number of carbonyl (C=O) groups excluding carboxylic acids is 1. The van der Waals surface area contributed by atoms with E-state index < -0.39 is 81.0 Å². The van der Waals surface area contributed by atoms with E-state index in [4.69, 9.17) is 43.4 Å². The zero-order valence-corrected chi connectivity index (χ0v) is 28.4.